The Balaban J connectivity index is 1.65. The van der Waals surface area contributed by atoms with Crippen molar-refractivity contribution in [2.24, 2.45) is 0 Å². The highest BCUT2D eigenvalue weighted by Crippen LogP contribution is 2.31. The second-order valence-corrected chi connectivity index (χ2v) is 5.14. The lowest BCUT2D eigenvalue weighted by Gasteiger charge is -2.25. The Hall–Kier alpha value is -2.37. The quantitative estimate of drug-likeness (QED) is 0.912. The number of nitrogens with one attached hydrogen (secondary N) is 2. The van der Waals surface area contributed by atoms with E-state index in [2.05, 4.69) is 15.5 Å². The third-order valence-electron chi connectivity index (χ3n) is 3.76. The number of urea groups is 1. The standard InChI is InChI=1S/C15H17FN4O/c16-12-5-3-11(4-6-12)14-2-1-9-20(14)15(21)17-10-13-7-8-18-19-13/h3-8,14H,1-2,9-10H2,(H,17,21)(H,18,19)/t14-/m0/s1. The van der Waals surface area contributed by atoms with Crippen molar-refractivity contribution < 1.29 is 9.18 Å². The molecule has 21 heavy (non-hydrogen) atoms. The van der Waals surface area contributed by atoms with Gasteiger partial charge < -0.3 is 10.2 Å². The maximum atomic E-state index is 13.0. The molecule has 0 radical (unpaired) electrons. The summed E-state index contributed by atoms with van der Waals surface area (Å²) in [7, 11) is 0. The smallest absolute Gasteiger partial charge is 0.318 e. The lowest BCUT2D eigenvalue weighted by Crippen LogP contribution is -2.39. The Bertz CT molecular complexity index is 597. The number of amides is 2. The van der Waals surface area contributed by atoms with E-state index in [1.807, 2.05) is 11.0 Å². The highest BCUT2D eigenvalue weighted by Gasteiger charge is 2.29. The number of halogens is 1. The second-order valence-electron chi connectivity index (χ2n) is 5.14. The Morgan fingerprint density at radius 1 is 1.38 bits per heavy atom. The summed E-state index contributed by atoms with van der Waals surface area (Å²) in [4.78, 5) is 14.1. The van der Waals surface area contributed by atoms with Gasteiger partial charge in [-0.1, -0.05) is 12.1 Å². The minimum Gasteiger partial charge on any atom is -0.332 e. The summed E-state index contributed by atoms with van der Waals surface area (Å²) in [6.07, 6.45) is 3.52. The van der Waals surface area contributed by atoms with Crippen LogP contribution < -0.4 is 5.32 Å². The average molecular weight is 288 g/mol. The Morgan fingerprint density at radius 3 is 2.90 bits per heavy atom. The summed E-state index contributed by atoms with van der Waals surface area (Å²) in [6.45, 7) is 1.14. The average Bonchev–Trinajstić information content (AvgIpc) is 3.17. The first-order valence-electron chi connectivity index (χ1n) is 7.02. The fourth-order valence-corrected chi connectivity index (χ4v) is 2.70. The van der Waals surface area contributed by atoms with Crippen LogP contribution in [0, 0.1) is 5.82 Å². The summed E-state index contributed by atoms with van der Waals surface area (Å²) in [5, 5.41) is 9.53. The number of hydrogen-bond acceptors (Lipinski definition) is 2. The van der Waals surface area contributed by atoms with E-state index in [4.69, 9.17) is 0 Å². The van der Waals surface area contributed by atoms with Crippen LogP contribution in [0.25, 0.3) is 0 Å². The van der Waals surface area contributed by atoms with Crippen LogP contribution in [-0.2, 0) is 6.54 Å². The molecule has 1 fully saturated rings. The van der Waals surface area contributed by atoms with Crippen LogP contribution in [-0.4, -0.2) is 27.7 Å². The number of carbonyl (C=O) groups excluding carboxylic acids is 1. The van der Waals surface area contributed by atoms with Crippen LogP contribution in [0.3, 0.4) is 0 Å². The van der Waals surface area contributed by atoms with Gasteiger partial charge in [0.25, 0.3) is 0 Å². The molecule has 0 aliphatic carbocycles. The monoisotopic (exact) mass is 288 g/mol. The molecule has 5 nitrogen and oxygen atoms in total. The molecule has 2 N–H and O–H groups in total. The van der Waals surface area contributed by atoms with E-state index >= 15 is 0 Å². The lowest BCUT2D eigenvalue weighted by atomic mass is 10.0. The number of carbonyl (C=O) groups is 1. The fourth-order valence-electron chi connectivity index (χ4n) is 2.70. The number of aromatic nitrogens is 2. The van der Waals surface area contributed by atoms with Crippen molar-refractivity contribution in [2.75, 3.05) is 6.54 Å². The van der Waals surface area contributed by atoms with Gasteiger partial charge in [-0.3, -0.25) is 5.10 Å². The van der Waals surface area contributed by atoms with Crippen LogP contribution in [0.4, 0.5) is 9.18 Å². The van der Waals surface area contributed by atoms with Crippen LogP contribution >= 0.6 is 0 Å². The van der Waals surface area contributed by atoms with Gasteiger partial charge in [-0.05, 0) is 36.6 Å². The Morgan fingerprint density at radius 2 is 2.19 bits per heavy atom. The minimum atomic E-state index is -0.257. The van der Waals surface area contributed by atoms with Gasteiger partial charge in [0.05, 0.1) is 18.3 Å². The zero-order valence-corrected chi connectivity index (χ0v) is 11.6. The van der Waals surface area contributed by atoms with Gasteiger partial charge >= 0.3 is 6.03 Å². The summed E-state index contributed by atoms with van der Waals surface area (Å²) in [5.74, 6) is -0.257. The predicted molar refractivity (Wildman–Crippen MR) is 75.9 cm³/mol. The van der Waals surface area contributed by atoms with E-state index in [9.17, 15) is 9.18 Å². The third kappa shape index (κ3) is 3.04. The van der Waals surface area contributed by atoms with Gasteiger partial charge in [-0.25, -0.2) is 9.18 Å². The molecule has 2 heterocycles. The zero-order valence-electron chi connectivity index (χ0n) is 11.6. The molecule has 1 aromatic heterocycles. The number of H-pyrrole nitrogens is 1. The predicted octanol–water partition coefficient (Wildman–Crippen LogP) is 2.60. The number of nitrogens with zero attached hydrogens (tertiary/aromatic N) is 2. The zero-order chi connectivity index (χ0) is 14.7. The summed E-state index contributed by atoms with van der Waals surface area (Å²) < 4.78 is 13.0. The molecule has 1 aromatic carbocycles. The molecule has 0 unspecified atom stereocenters. The second kappa shape index (κ2) is 5.95. The van der Waals surface area contributed by atoms with E-state index in [0.717, 1.165) is 30.6 Å². The molecule has 2 amide bonds. The van der Waals surface area contributed by atoms with Gasteiger partial charge in [0.1, 0.15) is 5.82 Å². The van der Waals surface area contributed by atoms with Crippen molar-refractivity contribution in [1.82, 2.24) is 20.4 Å². The van der Waals surface area contributed by atoms with Gasteiger partial charge in [-0.15, -0.1) is 0 Å². The number of rotatable bonds is 3. The van der Waals surface area contributed by atoms with Crippen molar-refractivity contribution in [3.05, 3.63) is 53.6 Å². The number of aromatic amines is 1. The molecule has 1 aliphatic heterocycles. The molecule has 1 atom stereocenters. The SMILES string of the molecule is O=C(NCc1ccn[nH]1)N1CCC[C@H]1c1ccc(F)cc1. The molecule has 0 spiro atoms. The van der Waals surface area contributed by atoms with E-state index < -0.39 is 0 Å². The van der Waals surface area contributed by atoms with Gasteiger partial charge in [-0.2, -0.15) is 5.10 Å². The van der Waals surface area contributed by atoms with Gasteiger partial charge in [0, 0.05) is 12.7 Å². The number of likely N-dealkylation sites (tertiary alicyclic amines) is 1. The summed E-state index contributed by atoms with van der Waals surface area (Å²) >= 11 is 0. The topological polar surface area (TPSA) is 61.0 Å². The van der Waals surface area contributed by atoms with Crippen molar-refractivity contribution in [1.29, 1.82) is 0 Å². The first kappa shape index (κ1) is 13.6. The van der Waals surface area contributed by atoms with Gasteiger partial charge in [0.2, 0.25) is 0 Å². The lowest BCUT2D eigenvalue weighted by molar-refractivity contribution is 0.192. The highest BCUT2D eigenvalue weighted by atomic mass is 19.1. The van der Waals surface area contributed by atoms with Crippen LogP contribution in [0.5, 0.6) is 0 Å². The number of benzene rings is 1. The molecule has 1 saturated heterocycles. The largest absolute Gasteiger partial charge is 0.332 e. The molecule has 1 aliphatic rings. The van der Waals surface area contributed by atoms with E-state index in [-0.39, 0.29) is 17.9 Å². The Kier molecular flexibility index (Phi) is 3.85. The normalized spacial score (nSPS) is 18.0. The van der Waals surface area contributed by atoms with Crippen molar-refractivity contribution in [3.8, 4) is 0 Å². The summed E-state index contributed by atoms with van der Waals surface area (Å²) in [6, 6.07) is 8.12. The van der Waals surface area contributed by atoms with Crippen molar-refractivity contribution in [2.45, 2.75) is 25.4 Å². The first-order chi connectivity index (χ1) is 10.2. The molecular formula is C15H17FN4O. The molecule has 2 aromatic rings. The molecule has 3 rings (SSSR count). The third-order valence-corrected chi connectivity index (χ3v) is 3.76. The van der Waals surface area contributed by atoms with Crippen molar-refractivity contribution in [3.63, 3.8) is 0 Å². The van der Waals surface area contributed by atoms with Gasteiger partial charge in [0.15, 0.2) is 0 Å². The molecule has 110 valence electrons. The van der Waals surface area contributed by atoms with Crippen LogP contribution in [0.1, 0.15) is 30.1 Å². The molecule has 6 heteroatoms. The highest BCUT2D eigenvalue weighted by molar-refractivity contribution is 5.75. The number of hydrogen-bond donors (Lipinski definition) is 2. The van der Waals surface area contributed by atoms with Crippen LogP contribution in [0.2, 0.25) is 0 Å². The Labute approximate surface area is 122 Å². The van der Waals surface area contributed by atoms with E-state index in [0.29, 0.717) is 6.54 Å². The first-order valence-corrected chi connectivity index (χ1v) is 7.02. The van der Waals surface area contributed by atoms with Crippen molar-refractivity contribution >= 4 is 6.03 Å². The maximum absolute atomic E-state index is 13.0. The van der Waals surface area contributed by atoms with E-state index in [1.165, 1.54) is 12.1 Å². The molecule has 0 bridgehead atoms. The maximum Gasteiger partial charge on any atom is 0.318 e. The van der Waals surface area contributed by atoms with E-state index in [1.54, 1.807) is 18.3 Å². The summed E-state index contributed by atoms with van der Waals surface area (Å²) in [5.41, 5.74) is 1.84. The van der Waals surface area contributed by atoms with Crippen LogP contribution in [0.15, 0.2) is 36.5 Å². The minimum absolute atomic E-state index is 0.0207. The molecular weight excluding hydrogens is 271 g/mol. The molecule has 0 saturated carbocycles. The fraction of sp³-hybridized carbons (Fsp3) is 0.333.